The smallest absolute Gasteiger partial charge is 0.340 e. The number of hydrogen-bond donors (Lipinski definition) is 2. The zero-order chi connectivity index (χ0) is 19.3. The highest BCUT2D eigenvalue weighted by molar-refractivity contribution is 6.06. The molecule has 0 bridgehead atoms. The van der Waals surface area contributed by atoms with Gasteiger partial charge in [0.05, 0.1) is 19.1 Å². The van der Waals surface area contributed by atoms with Crippen molar-refractivity contribution >= 4 is 29.4 Å². The first-order chi connectivity index (χ1) is 12.4. The summed E-state index contributed by atoms with van der Waals surface area (Å²) in [4.78, 5) is 48.4. The molecule has 1 aliphatic rings. The number of anilines is 1. The predicted octanol–water partition coefficient (Wildman–Crippen LogP) is 0.862. The highest BCUT2D eigenvalue weighted by Crippen LogP contribution is 2.32. The first-order valence-electron chi connectivity index (χ1n) is 8.10. The van der Waals surface area contributed by atoms with Gasteiger partial charge in [-0.1, -0.05) is 6.07 Å². The van der Waals surface area contributed by atoms with Crippen LogP contribution in [0.1, 0.15) is 31.7 Å². The molecule has 0 fully saturated rings. The maximum absolute atomic E-state index is 13.4. The van der Waals surface area contributed by atoms with E-state index in [1.54, 1.807) is 13.8 Å². The molecule has 140 valence electrons. The molecule has 0 saturated heterocycles. The van der Waals surface area contributed by atoms with Crippen LogP contribution in [-0.4, -0.2) is 43.0 Å². The first kappa shape index (κ1) is 19.4. The van der Waals surface area contributed by atoms with E-state index in [0.29, 0.717) is 5.56 Å². The third-order valence-corrected chi connectivity index (χ3v) is 3.70. The number of rotatable bonds is 6. The molecule has 8 nitrogen and oxygen atoms in total. The SMILES string of the molecule is CCOC(=O)C(NC(=O)C1CC(=O)Nc2cc(F)ccc21)C(=O)OCC. The van der Waals surface area contributed by atoms with E-state index in [1.165, 1.54) is 6.07 Å². The standard InChI is InChI=1S/C17H19FN2O6/c1-3-25-16(23)14(17(24)26-4-2)20-15(22)11-8-13(21)19-12-7-9(18)5-6-10(11)12/h5-7,11,14H,3-4,8H2,1-2H3,(H,19,21)(H,20,22). The highest BCUT2D eigenvalue weighted by atomic mass is 19.1. The maximum Gasteiger partial charge on any atom is 0.340 e. The van der Waals surface area contributed by atoms with Gasteiger partial charge < -0.3 is 20.1 Å². The summed E-state index contributed by atoms with van der Waals surface area (Å²) in [5, 5.41) is 4.75. The lowest BCUT2D eigenvalue weighted by atomic mass is 9.89. The van der Waals surface area contributed by atoms with Crippen LogP contribution in [0.25, 0.3) is 0 Å². The molecule has 1 unspecified atom stereocenters. The Kier molecular flexibility index (Phi) is 6.26. The lowest BCUT2D eigenvalue weighted by Crippen LogP contribution is -2.50. The second-order valence-corrected chi connectivity index (χ2v) is 5.48. The molecule has 1 atom stereocenters. The van der Waals surface area contributed by atoms with Crippen molar-refractivity contribution in [2.24, 2.45) is 0 Å². The summed E-state index contributed by atoms with van der Waals surface area (Å²) in [5.41, 5.74) is 0.556. The number of nitrogens with one attached hydrogen (secondary N) is 2. The first-order valence-corrected chi connectivity index (χ1v) is 8.10. The summed E-state index contributed by atoms with van der Waals surface area (Å²) >= 11 is 0. The van der Waals surface area contributed by atoms with Gasteiger partial charge in [0.2, 0.25) is 17.9 Å². The molecule has 0 aromatic heterocycles. The molecule has 2 N–H and O–H groups in total. The lowest BCUT2D eigenvalue weighted by molar-refractivity contribution is -0.159. The molecule has 2 rings (SSSR count). The Balaban J connectivity index is 2.25. The molecule has 2 amide bonds. The molecule has 1 aromatic carbocycles. The Labute approximate surface area is 149 Å². The number of fused-ring (bicyclic) bond motifs is 1. The van der Waals surface area contributed by atoms with Crippen LogP contribution in [0, 0.1) is 5.82 Å². The van der Waals surface area contributed by atoms with Crippen molar-refractivity contribution in [3.8, 4) is 0 Å². The molecule has 0 spiro atoms. The van der Waals surface area contributed by atoms with E-state index in [0.717, 1.165) is 12.1 Å². The van der Waals surface area contributed by atoms with Crippen LogP contribution in [0.4, 0.5) is 10.1 Å². The van der Waals surface area contributed by atoms with E-state index < -0.39 is 41.5 Å². The second-order valence-electron chi connectivity index (χ2n) is 5.48. The number of esters is 2. The van der Waals surface area contributed by atoms with Gasteiger partial charge in [-0.3, -0.25) is 9.59 Å². The number of halogens is 1. The number of benzene rings is 1. The fraction of sp³-hybridized carbons (Fsp3) is 0.412. The summed E-state index contributed by atoms with van der Waals surface area (Å²) in [6.45, 7) is 3.13. The number of carbonyl (C=O) groups is 4. The maximum atomic E-state index is 13.4. The van der Waals surface area contributed by atoms with Crippen LogP contribution in [0.15, 0.2) is 18.2 Å². The molecular formula is C17H19FN2O6. The van der Waals surface area contributed by atoms with E-state index >= 15 is 0 Å². The Morgan fingerprint density at radius 3 is 2.42 bits per heavy atom. The molecule has 0 aliphatic carbocycles. The van der Waals surface area contributed by atoms with Crippen LogP contribution in [0.3, 0.4) is 0 Å². The third kappa shape index (κ3) is 4.35. The molecule has 1 aromatic rings. The van der Waals surface area contributed by atoms with Crippen LogP contribution < -0.4 is 10.6 Å². The topological polar surface area (TPSA) is 111 Å². The molecular weight excluding hydrogens is 347 g/mol. The van der Waals surface area contributed by atoms with Gasteiger partial charge >= 0.3 is 11.9 Å². The van der Waals surface area contributed by atoms with Crippen LogP contribution in [0.2, 0.25) is 0 Å². The Morgan fingerprint density at radius 1 is 1.23 bits per heavy atom. The van der Waals surface area contributed by atoms with Gasteiger partial charge in [-0.05, 0) is 31.5 Å². The van der Waals surface area contributed by atoms with Crippen LogP contribution in [-0.2, 0) is 28.7 Å². The zero-order valence-electron chi connectivity index (χ0n) is 14.3. The van der Waals surface area contributed by atoms with Gasteiger partial charge in [0.25, 0.3) is 0 Å². The summed E-state index contributed by atoms with van der Waals surface area (Å²) in [6, 6.07) is 1.99. The van der Waals surface area contributed by atoms with Gasteiger partial charge in [-0.2, -0.15) is 0 Å². The van der Waals surface area contributed by atoms with Crippen molar-refractivity contribution in [3.63, 3.8) is 0 Å². The van der Waals surface area contributed by atoms with E-state index in [1.807, 2.05) is 0 Å². The largest absolute Gasteiger partial charge is 0.464 e. The fourth-order valence-corrected chi connectivity index (χ4v) is 2.58. The van der Waals surface area contributed by atoms with Crippen molar-refractivity contribution in [3.05, 3.63) is 29.6 Å². The number of carbonyl (C=O) groups excluding carboxylic acids is 4. The van der Waals surface area contributed by atoms with E-state index in [2.05, 4.69) is 10.6 Å². The summed E-state index contributed by atoms with van der Waals surface area (Å²) < 4.78 is 22.9. The summed E-state index contributed by atoms with van der Waals surface area (Å²) in [5.74, 6) is -4.68. The van der Waals surface area contributed by atoms with Crippen molar-refractivity contribution in [2.75, 3.05) is 18.5 Å². The predicted molar refractivity (Wildman–Crippen MR) is 87.6 cm³/mol. The fourth-order valence-electron chi connectivity index (χ4n) is 2.58. The van der Waals surface area contributed by atoms with Gasteiger partial charge in [-0.15, -0.1) is 0 Å². The van der Waals surface area contributed by atoms with Gasteiger partial charge in [0.1, 0.15) is 5.82 Å². The zero-order valence-corrected chi connectivity index (χ0v) is 14.3. The highest BCUT2D eigenvalue weighted by Gasteiger charge is 2.37. The number of amides is 2. The van der Waals surface area contributed by atoms with Crippen molar-refractivity contribution in [1.29, 1.82) is 0 Å². The Hall–Kier alpha value is -2.97. The van der Waals surface area contributed by atoms with Gasteiger partial charge in [0, 0.05) is 12.1 Å². The molecule has 0 radical (unpaired) electrons. The van der Waals surface area contributed by atoms with Crippen molar-refractivity contribution in [1.82, 2.24) is 5.32 Å². The lowest BCUT2D eigenvalue weighted by Gasteiger charge is -2.26. The van der Waals surface area contributed by atoms with Crippen LogP contribution >= 0.6 is 0 Å². The van der Waals surface area contributed by atoms with Gasteiger partial charge in [-0.25, -0.2) is 14.0 Å². The molecule has 1 heterocycles. The Morgan fingerprint density at radius 2 is 1.85 bits per heavy atom. The summed E-state index contributed by atoms with van der Waals surface area (Å²) in [7, 11) is 0. The van der Waals surface area contributed by atoms with E-state index in [9.17, 15) is 23.6 Å². The van der Waals surface area contributed by atoms with Crippen molar-refractivity contribution in [2.45, 2.75) is 32.2 Å². The second kappa shape index (κ2) is 8.41. The number of ether oxygens (including phenoxy) is 2. The quantitative estimate of drug-likeness (QED) is 0.571. The average molecular weight is 366 g/mol. The van der Waals surface area contributed by atoms with Crippen LogP contribution in [0.5, 0.6) is 0 Å². The third-order valence-electron chi connectivity index (χ3n) is 3.70. The average Bonchev–Trinajstić information content (AvgIpc) is 2.58. The summed E-state index contributed by atoms with van der Waals surface area (Å²) in [6.07, 6.45) is -0.206. The minimum Gasteiger partial charge on any atom is -0.464 e. The van der Waals surface area contributed by atoms with Crippen molar-refractivity contribution < 1.29 is 33.0 Å². The molecule has 26 heavy (non-hydrogen) atoms. The minimum atomic E-state index is -1.64. The molecule has 0 saturated carbocycles. The minimum absolute atomic E-state index is 0.0125. The Bertz CT molecular complexity index is 718. The van der Waals surface area contributed by atoms with Gasteiger partial charge in [0.15, 0.2) is 0 Å². The van der Waals surface area contributed by atoms with E-state index in [4.69, 9.17) is 9.47 Å². The molecule has 9 heteroatoms. The normalized spacial score (nSPS) is 15.7. The molecule has 1 aliphatic heterocycles. The monoisotopic (exact) mass is 366 g/mol. The van der Waals surface area contributed by atoms with E-state index in [-0.39, 0.29) is 25.3 Å². The number of hydrogen-bond acceptors (Lipinski definition) is 6.